The topological polar surface area (TPSA) is 109 Å². The molecule has 0 atom stereocenters. The fourth-order valence-electron chi connectivity index (χ4n) is 2.48. The molecule has 0 aliphatic rings. The van der Waals surface area contributed by atoms with E-state index in [1.807, 2.05) is 19.1 Å². The Morgan fingerprint density at radius 3 is 2.82 bits per heavy atom. The number of para-hydroxylation sites is 1. The van der Waals surface area contributed by atoms with E-state index in [-0.39, 0.29) is 23.8 Å². The van der Waals surface area contributed by atoms with Gasteiger partial charge in [0.2, 0.25) is 5.82 Å². The molecule has 0 fully saturated rings. The van der Waals surface area contributed by atoms with Gasteiger partial charge >= 0.3 is 5.97 Å². The highest BCUT2D eigenvalue weighted by Gasteiger charge is 2.16. The molecule has 9 heteroatoms. The minimum absolute atomic E-state index is 0.0418. The second kappa shape index (κ2) is 8.94. The van der Waals surface area contributed by atoms with Gasteiger partial charge in [0.15, 0.2) is 12.3 Å². The lowest BCUT2D eigenvalue weighted by atomic mass is 10.2. The number of carbonyl (C=O) groups excluding carboxylic acids is 1. The Morgan fingerprint density at radius 1 is 1.21 bits per heavy atom. The van der Waals surface area contributed by atoms with Gasteiger partial charge in [-0.3, -0.25) is 4.79 Å². The van der Waals surface area contributed by atoms with Gasteiger partial charge in [-0.1, -0.05) is 30.6 Å². The highest BCUT2D eigenvalue weighted by molar-refractivity contribution is 5.86. The number of aryl methyl sites for hydroxylation is 1. The van der Waals surface area contributed by atoms with Crippen molar-refractivity contribution in [1.82, 2.24) is 19.9 Å². The average Bonchev–Trinajstić information content (AvgIpc) is 3.20. The predicted octanol–water partition coefficient (Wildman–Crippen LogP) is 2.46. The number of rotatable bonds is 8. The van der Waals surface area contributed by atoms with Gasteiger partial charge < -0.3 is 14.0 Å². The molecule has 2 heterocycles. The zero-order valence-electron chi connectivity index (χ0n) is 15.6. The van der Waals surface area contributed by atoms with Crippen LogP contribution in [0.2, 0.25) is 0 Å². The van der Waals surface area contributed by atoms with E-state index in [1.54, 1.807) is 19.2 Å². The summed E-state index contributed by atoms with van der Waals surface area (Å²) in [6.45, 7) is 2.24. The van der Waals surface area contributed by atoms with Gasteiger partial charge in [0.1, 0.15) is 5.75 Å². The zero-order chi connectivity index (χ0) is 19.9. The molecule has 0 amide bonds. The minimum Gasteiger partial charge on any atom is -0.496 e. The largest absolute Gasteiger partial charge is 0.496 e. The number of benzene rings is 1. The maximum Gasteiger partial charge on any atom is 0.359 e. The quantitative estimate of drug-likeness (QED) is 0.545. The third-order valence-corrected chi connectivity index (χ3v) is 3.94. The summed E-state index contributed by atoms with van der Waals surface area (Å²) in [6, 6.07) is 9.87. The van der Waals surface area contributed by atoms with Crippen LogP contribution in [-0.4, -0.2) is 33.0 Å². The van der Waals surface area contributed by atoms with Crippen molar-refractivity contribution >= 4 is 5.97 Å². The van der Waals surface area contributed by atoms with Crippen LogP contribution in [0.1, 0.15) is 36.1 Å². The van der Waals surface area contributed by atoms with Crippen LogP contribution in [-0.2, 0) is 17.9 Å². The summed E-state index contributed by atoms with van der Waals surface area (Å²) in [5.41, 5.74) is 0.444. The Morgan fingerprint density at radius 2 is 2.04 bits per heavy atom. The van der Waals surface area contributed by atoms with E-state index < -0.39 is 5.97 Å². The third kappa shape index (κ3) is 4.43. The Bertz CT molecular complexity index is 1010. The first-order valence-electron chi connectivity index (χ1n) is 8.83. The van der Waals surface area contributed by atoms with Crippen LogP contribution >= 0.6 is 0 Å². The van der Waals surface area contributed by atoms with E-state index >= 15 is 0 Å². The molecule has 0 saturated heterocycles. The van der Waals surface area contributed by atoms with E-state index in [0.717, 1.165) is 12.8 Å². The lowest BCUT2D eigenvalue weighted by molar-refractivity contribution is 0.0419. The molecule has 0 saturated carbocycles. The number of nitrogens with zero attached hydrogens (tertiary/aromatic N) is 4. The molecule has 2 aromatic heterocycles. The Balaban J connectivity index is 1.67. The number of hydrogen-bond acceptors (Lipinski definition) is 8. The summed E-state index contributed by atoms with van der Waals surface area (Å²) in [7, 11) is 1.55. The Kier molecular flexibility index (Phi) is 6.15. The van der Waals surface area contributed by atoms with Crippen molar-refractivity contribution in [3.05, 3.63) is 58.3 Å². The standard InChI is InChI=1S/C19H20N4O5/c1-3-4-11-23-17(24)10-9-14(21-23)19(25)27-12-16-20-18(22-28-16)13-7-5-6-8-15(13)26-2/h5-10H,3-4,11-12H2,1-2H3. The van der Waals surface area contributed by atoms with Gasteiger partial charge in [0, 0.05) is 12.6 Å². The van der Waals surface area contributed by atoms with Crippen molar-refractivity contribution in [3.63, 3.8) is 0 Å². The number of carbonyl (C=O) groups is 1. The molecule has 3 aromatic rings. The molecule has 0 spiro atoms. The number of hydrogen-bond donors (Lipinski definition) is 0. The zero-order valence-corrected chi connectivity index (χ0v) is 15.6. The number of aromatic nitrogens is 4. The van der Waals surface area contributed by atoms with Crippen LogP contribution in [0.3, 0.4) is 0 Å². The fraction of sp³-hybridized carbons (Fsp3) is 0.316. The second-order valence-electron chi connectivity index (χ2n) is 5.92. The Labute approximate surface area is 160 Å². The highest BCUT2D eigenvalue weighted by Crippen LogP contribution is 2.27. The molecule has 0 bridgehead atoms. The predicted molar refractivity (Wildman–Crippen MR) is 98.8 cm³/mol. The first kappa shape index (κ1) is 19.3. The van der Waals surface area contributed by atoms with E-state index in [2.05, 4.69) is 15.2 Å². The number of methoxy groups -OCH3 is 1. The SMILES string of the molecule is CCCCn1nc(C(=O)OCc2nc(-c3ccccc3OC)no2)ccc1=O. The smallest absolute Gasteiger partial charge is 0.359 e. The van der Waals surface area contributed by atoms with Crippen molar-refractivity contribution in [2.75, 3.05) is 7.11 Å². The van der Waals surface area contributed by atoms with Crippen LogP contribution in [0.25, 0.3) is 11.4 Å². The number of ether oxygens (including phenoxy) is 2. The van der Waals surface area contributed by atoms with Crippen LogP contribution in [0.5, 0.6) is 5.75 Å². The summed E-state index contributed by atoms with van der Waals surface area (Å²) in [5.74, 6) is 0.385. The first-order chi connectivity index (χ1) is 13.6. The maximum atomic E-state index is 12.2. The maximum absolute atomic E-state index is 12.2. The molecule has 146 valence electrons. The molecule has 0 aliphatic heterocycles. The van der Waals surface area contributed by atoms with Crippen molar-refractivity contribution in [2.24, 2.45) is 0 Å². The second-order valence-corrected chi connectivity index (χ2v) is 5.92. The minimum atomic E-state index is -0.678. The molecule has 3 rings (SSSR count). The molecule has 1 aromatic carbocycles. The lowest BCUT2D eigenvalue weighted by Crippen LogP contribution is -2.25. The van der Waals surface area contributed by atoms with E-state index in [1.165, 1.54) is 16.8 Å². The number of unbranched alkanes of at least 4 members (excludes halogenated alkanes) is 1. The average molecular weight is 384 g/mol. The van der Waals surface area contributed by atoms with Crippen molar-refractivity contribution in [2.45, 2.75) is 32.9 Å². The van der Waals surface area contributed by atoms with Gasteiger partial charge in [0.05, 0.1) is 12.7 Å². The van der Waals surface area contributed by atoms with Crippen LogP contribution in [0, 0.1) is 0 Å². The first-order valence-corrected chi connectivity index (χ1v) is 8.83. The fourth-order valence-corrected chi connectivity index (χ4v) is 2.48. The van der Waals surface area contributed by atoms with E-state index in [4.69, 9.17) is 14.0 Å². The van der Waals surface area contributed by atoms with Crippen molar-refractivity contribution < 1.29 is 18.8 Å². The van der Waals surface area contributed by atoms with E-state index in [0.29, 0.717) is 23.7 Å². The molecule has 0 unspecified atom stereocenters. The molecule has 28 heavy (non-hydrogen) atoms. The van der Waals surface area contributed by atoms with Gasteiger partial charge in [-0.05, 0) is 24.6 Å². The van der Waals surface area contributed by atoms with Crippen LogP contribution < -0.4 is 10.3 Å². The Hall–Kier alpha value is -3.49. The van der Waals surface area contributed by atoms with Gasteiger partial charge in [0.25, 0.3) is 11.4 Å². The highest BCUT2D eigenvalue weighted by atomic mass is 16.6. The van der Waals surface area contributed by atoms with Crippen molar-refractivity contribution in [3.8, 4) is 17.1 Å². The molecule has 0 aliphatic carbocycles. The summed E-state index contributed by atoms with van der Waals surface area (Å²) in [4.78, 5) is 28.2. The molecule has 0 N–H and O–H groups in total. The van der Waals surface area contributed by atoms with Crippen LogP contribution in [0.4, 0.5) is 0 Å². The van der Waals surface area contributed by atoms with Crippen LogP contribution in [0.15, 0.2) is 45.7 Å². The lowest BCUT2D eigenvalue weighted by Gasteiger charge is -2.05. The molecular weight excluding hydrogens is 364 g/mol. The van der Waals surface area contributed by atoms with Crippen molar-refractivity contribution in [1.29, 1.82) is 0 Å². The molecule has 0 radical (unpaired) electrons. The normalized spacial score (nSPS) is 10.6. The van der Waals surface area contributed by atoms with Gasteiger partial charge in [-0.25, -0.2) is 9.48 Å². The van der Waals surface area contributed by atoms with E-state index in [9.17, 15) is 9.59 Å². The summed E-state index contributed by atoms with van der Waals surface area (Å²) in [6.07, 6.45) is 1.70. The molecular formula is C19H20N4O5. The summed E-state index contributed by atoms with van der Waals surface area (Å²) in [5, 5.41) is 7.93. The summed E-state index contributed by atoms with van der Waals surface area (Å²) >= 11 is 0. The summed E-state index contributed by atoms with van der Waals surface area (Å²) < 4.78 is 16.8. The van der Waals surface area contributed by atoms with Gasteiger partial charge in [-0.2, -0.15) is 10.1 Å². The monoisotopic (exact) mass is 384 g/mol. The number of esters is 1. The van der Waals surface area contributed by atoms with Gasteiger partial charge in [-0.15, -0.1) is 0 Å². The third-order valence-electron chi connectivity index (χ3n) is 3.94. The molecule has 9 nitrogen and oxygen atoms in total.